The van der Waals surface area contributed by atoms with E-state index in [4.69, 9.17) is 6.42 Å². The molecule has 0 heterocycles. The lowest BCUT2D eigenvalue weighted by Crippen LogP contribution is -2.06. The topological polar surface area (TPSA) is 20.2 Å². The first-order chi connectivity index (χ1) is 6.74. The van der Waals surface area contributed by atoms with E-state index in [0.717, 1.165) is 11.1 Å². The Kier molecular flexibility index (Phi) is 3.97. The summed E-state index contributed by atoms with van der Waals surface area (Å²) in [6.45, 7) is 1.88. The summed E-state index contributed by atoms with van der Waals surface area (Å²) in [5, 5.41) is 9.57. The highest BCUT2D eigenvalue weighted by Crippen LogP contribution is 2.11. The van der Waals surface area contributed by atoms with Gasteiger partial charge < -0.3 is 5.11 Å². The predicted octanol–water partition coefficient (Wildman–Crippen LogP) is 2.47. The smallest absolute Gasteiger partial charge is 0.0859 e. The molecule has 1 aromatic carbocycles. The molecule has 1 aromatic rings. The number of benzene rings is 1. The molecule has 0 bridgehead atoms. The van der Waals surface area contributed by atoms with Crippen LogP contribution >= 0.6 is 0 Å². The first-order valence-electron chi connectivity index (χ1n) is 4.59. The fraction of sp³-hybridized carbons (Fsp3) is 0.231. The van der Waals surface area contributed by atoms with E-state index >= 15 is 0 Å². The molecule has 0 radical (unpaired) electrons. The van der Waals surface area contributed by atoms with E-state index in [-0.39, 0.29) is 0 Å². The Morgan fingerprint density at radius 1 is 1.50 bits per heavy atom. The Labute approximate surface area is 85.1 Å². The quantitative estimate of drug-likeness (QED) is 0.719. The van der Waals surface area contributed by atoms with Crippen LogP contribution in [0.25, 0.3) is 6.08 Å². The van der Waals surface area contributed by atoms with Gasteiger partial charge in [0.05, 0.1) is 6.10 Å². The van der Waals surface area contributed by atoms with Gasteiger partial charge in [-0.05, 0) is 18.1 Å². The molecule has 1 atom stereocenters. The van der Waals surface area contributed by atoms with Crippen LogP contribution in [0.5, 0.6) is 0 Å². The van der Waals surface area contributed by atoms with Crippen LogP contribution in [0.15, 0.2) is 35.9 Å². The van der Waals surface area contributed by atoms with Gasteiger partial charge >= 0.3 is 0 Å². The number of aliphatic hydroxyl groups excluding tert-OH is 1. The molecule has 0 amide bonds. The van der Waals surface area contributed by atoms with E-state index < -0.39 is 6.10 Å². The molecule has 0 aliphatic heterocycles. The molecule has 0 aliphatic rings. The van der Waals surface area contributed by atoms with E-state index in [1.165, 1.54) is 0 Å². The summed E-state index contributed by atoms with van der Waals surface area (Å²) >= 11 is 0. The average molecular weight is 186 g/mol. The second kappa shape index (κ2) is 5.26. The van der Waals surface area contributed by atoms with E-state index in [9.17, 15) is 5.11 Å². The number of aliphatic hydroxyl groups is 1. The normalized spacial score (nSPS) is 13.4. The van der Waals surface area contributed by atoms with Crippen molar-refractivity contribution in [1.29, 1.82) is 0 Å². The molecule has 0 aromatic heterocycles. The molecule has 1 heteroatoms. The monoisotopic (exact) mass is 186 g/mol. The fourth-order valence-electron chi connectivity index (χ4n) is 1.18. The second-order valence-electron chi connectivity index (χ2n) is 3.22. The number of rotatable bonds is 3. The second-order valence-corrected chi connectivity index (χ2v) is 3.22. The van der Waals surface area contributed by atoms with Crippen LogP contribution in [0, 0.1) is 12.3 Å². The van der Waals surface area contributed by atoms with Crippen molar-refractivity contribution < 1.29 is 5.11 Å². The average Bonchev–Trinajstić information content (AvgIpc) is 2.19. The molecule has 0 saturated heterocycles. The zero-order chi connectivity index (χ0) is 10.4. The zero-order valence-electron chi connectivity index (χ0n) is 8.27. The van der Waals surface area contributed by atoms with E-state index in [1.807, 2.05) is 43.3 Å². The summed E-state index contributed by atoms with van der Waals surface area (Å²) in [7, 11) is 0. The Bertz CT molecular complexity index is 343. The molecule has 0 unspecified atom stereocenters. The van der Waals surface area contributed by atoms with Gasteiger partial charge in [-0.3, -0.25) is 0 Å². The maximum Gasteiger partial charge on any atom is 0.0859 e. The molecular formula is C13H14O. The SMILES string of the molecule is C#CC[C@H](O)/C(C)=C/c1ccccc1. The lowest BCUT2D eigenvalue weighted by Gasteiger charge is -2.07. The van der Waals surface area contributed by atoms with Crippen LogP contribution in [-0.4, -0.2) is 11.2 Å². The van der Waals surface area contributed by atoms with Crippen molar-refractivity contribution >= 4 is 6.08 Å². The summed E-state index contributed by atoms with van der Waals surface area (Å²) in [6, 6.07) is 9.88. The molecule has 0 spiro atoms. The van der Waals surface area contributed by atoms with Crippen molar-refractivity contribution in [1.82, 2.24) is 0 Å². The molecule has 0 fully saturated rings. The zero-order valence-corrected chi connectivity index (χ0v) is 8.27. The molecule has 1 rings (SSSR count). The molecule has 0 saturated carbocycles. The highest BCUT2D eigenvalue weighted by atomic mass is 16.3. The van der Waals surface area contributed by atoms with Gasteiger partial charge in [-0.25, -0.2) is 0 Å². The van der Waals surface area contributed by atoms with Gasteiger partial charge in [0.15, 0.2) is 0 Å². The van der Waals surface area contributed by atoms with Crippen molar-refractivity contribution in [3.05, 3.63) is 41.5 Å². The third-order valence-corrected chi connectivity index (χ3v) is 2.03. The van der Waals surface area contributed by atoms with Gasteiger partial charge in [-0.2, -0.15) is 0 Å². The summed E-state index contributed by atoms with van der Waals surface area (Å²) < 4.78 is 0. The standard InChI is InChI=1S/C13H14O/c1-3-7-13(14)11(2)10-12-8-5-4-6-9-12/h1,4-6,8-10,13-14H,7H2,2H3/b11-10+/t13-/m0/s1. The molecule has 1 nitrogen and oxygen atoms in total. The van der Waals surface area contributed by atoms with Crippen molar-refractivity contribution in [2.75, 3.05) is 0 Å². The van der Waals surface area contributed by atoms with Gasteiger partial charge in [0, 0.05) is 6.42 Å². The minimum atomic E-state index is -0.528. The summed E-state index contributed by atoms with van der Waals surface area (Å²) in [4.78, 5) is 0. The fourth-order valence-corrected chi connectivity index (χ4v) is 1.18. The summed E-state index contributed by atoms with van der Waals surface area (Å²) in [5.41, 5.74) is 1.98. The Hall–Kier alpha value is -1.52. The van der Waals surface area contributed by atoms with Crippen LogP contribution < -0.4 is 0 Å². The third kappa shape index (κ3) is 3.08. The predicted molar refractivity (Wildman–Crippen MR) is 59.5 cm³/mol. The first kappa shape index (κ1) is 10.6. The van der Waals surface area contributed by atoms with Crippen molar-refractivity contribution in [2.24, 2.45) is 0 Å². The minimum absolute atomic E-state index is 0.370. The molecular weight excluding hydrogens is 172 g/mol. The van der Waals surface area contributed by atoms with Crippen molar-refractivity contribution in [2.45, 2.75) is 19.4 Å². The summed E-state index contributed by atoms with van der Waals surface area (Å²) in [6.07, 6.45) is 6.91. The number of hydrogen-bond acceptors (Lipinski definition) is 1. The van der Waals surface area contributed by atoms with Crippen LogP contribution in [0.1, 0.15) is 18.9 Å². The van der Waals surface area contributed by atoms with Crippen LogP contribution in [0.3, 0.4) is 0 Å². The minimum Gasteiger partial charge on any atom is -0.388 e. The number of hydrogen-bond donors (Lipinski definition) is 1. The first-order valence-corrected chi connectivity index (χ1v) is 4.59. The largest absolute Gasteiger partial charge is 0.388 e. The lowest BCUT2D eigenvalue weighted by atomic mass is 10.1. The lowest BCUT2D eigenvalue weighted by molar-refractivity contribution is 0.218. The molecule has 14 heavy (non-hydrogen) atoms. The number of terminal acetylenes is 1. The van der Waals surface area contributed by atoms with Crippen molar-refractivity contribution in [3.63, 3.8) is 0 Å². The maximum absolute atomic E-state index is 9.57. The Morgan fingerprint density at radius 3 is 2.71 bits per heavy atom. The van der Waals surface area contributed by atoms with E-state index in [1.54, 1.807) is 0 Å². The maximum atomic E-state index is 9.57. The summed E-state index contributed by atoms with van der Waals surface area (Å²) in [5.74, 6) is 2.44. The third-order valence-electron chi connectivity index (χ3n) is 2.03. The van der Waals surface area contributed by atoms with Gasteiger partial charge in [0.1, 0.15) is 0 Å². The molecule has 72 valence electrons. The van der Waals surface area contributed by atoms with Crippen LogP contribution in [0.2, 0.25) is 0 Å². The highest BCUT2D eigenvalue weighted by Gasteiger charge is 2.03. The Balaban J connectivity index is 2.74. The van der Waals surface area contributed by atoms with E-state index in [0.29, 0.717) is 6.42 Å². The van der Waals surface area contributed by atoms with Crippen molar-refractivity contribution in [3.8, 4) is 12.3 Å². The van der Waals surface area contributed by atoms with Crippen LogP contribution in [0.4, 0.5) is 0 Å². The van der Waals surface area contributed by atoms with Gasteiger partial charge in [-0.15, -0.1) is 12.3 Å². The van der Waals surface area contributed by atoms with Gasteiger partial charge in [-0.1, -0.05) is 36.4 Å². The van der Waals surface area contributed by atoms with Crippen LogP contribution in [-0.2, 0) is 0 Å². The van der Waals surface area contributed by atoms with Gasteiger partial charge in [0.2, 0.25) is 0 Å². The van der Waals surface area contributed by atoms with Gasteiger partial charge in [0.25, 0.3) is 0 Å². The van der Waals surface area contributed by atoms with E-state index in [2.05, 4.69) is 5.92 Å². The molecule has 0 aliphatic carbocycles. The highest BCUT2D eigenvalue weighted by molar-refractivity contribution is 5.53. The Morgan fingerprint density at radius 2 is 2.14 bits per heavy atom. The molecule has 1 N–H and O–H groups in total.